The van der Waals surface area contributed by atoms with Gasteiger partial charge in [-0.2, -0.15) is 0 Å². The van der Waals surface area contributed by atoms with Gasteiger partial charge < -0.3 is 69.1 Å². The quantitative estimate of drug-likeness (QED) is 0.0436. The molecule has 0 spiro atoms. The second-order valence-electron chi connectivity index (χ2n) is 26.9. The zero-order chi connectivity index (χ0) is 85.7. The average molecular weight is 1670 g/mol. The van der Waals surface area contributed by atoms with E-state index < -0.39 is 58.6 Å². The molecule has 1 aliphatic carbocycles. The number of anilines is 10. The van der Waals surface area contributed by atoms with Crippen LogP contribution in [0.1, 0.15) is 95.4 Å². The molecule has 2 aromatic carbocycles. The Labute approximate surface area is 685 Å². The lowest BCUT2D eigenvalue weighted by Crippen LogP contribution is -2.22. The topological polar surface area (TPSA) is 538 Å². The molecular formula is C76H65F5N36O6. The van der Waals surface area contributed by atoms with E-state index in [4.69, 9.17) is 33.4 Å². The number of aromatic nitrogens is 26. The Morgan fingerprint density at radius 3 is 1.02 bits per heavy atom. The minimum Gasteiger partial charge on any atom is -0.381 e. The van der Waals surface area contributed by atoms with Crippen LogP contribution < -0.4 is 55.3 Å². The molecule has 17 heterocycles. The third kappa shape index (κ3) is 16.9. The Hall–Kier alpha value is -17.3. The number of rotatable bonds is 15. The molecule has 123 heavy (non-hydrogen) atoms. The van der Waals surface area contributed by atoms with E-state index in [0.717, 1.165) is 127 Å². The van der Waals surface area contributed by atoms with Crippen LogP contribution in [-0.2, 0) is 4.74 Å². The average Bonchev–Trinajstić information content (AvgIpc) is 1.65. The highest BCUT2D eigenvalue weighted by atomic mass is 19.1. The van der Waals surface area contributed by atoms with Crippen molar-refractivity contribution in [1.29, 1.82) is 0 Å². The summed E-state index contributed by atoms with van der Waals surface area (Å²) in [6, 6.07) is 23.1. The number of hydrogen-bond acceptors (Lipinski definition) is 27. The summed E-state index contributed by atoms with van der Waals surface area (Å²) in [4.78, 5) is 107. The number of nitrogen functional groups attached to an aromatic ring is 5. The summed E-state index contributed by atoms with van der Waals surface area (Å²) in [7, 11) is 0. The van der Waals surface area contributed by atoms with Crippen molar-refractivity contribution < 1.29 is 50.7 Å². The number of carbonyl (C=O) groups is 5. The predicted molar refractivity (Wildman–Crippen MR) is 432 cm³/mol. The number of para-hydroxylation sites is 2. The minimum atomic E-state index is -0.586. The van der Waals surface area contributed by atoms with Gasteiger partial charge in [-0.3, -0.25) is 42.7 Å². The summed E-state index contributed by atoms with van der Waals surface area (Å²) >= 11 is 0. The van der Waals surface area contributed by atoms with Crippen LogP contribution in [0.25, 0.3) is 45.3 Å². The molecule has 0 radical (unpaired) electrons. The Bertz CT molecular complexity index is 6810. The van der Waals surface area contributed by atoms with E-state index in [2.05, 4.69) is 107 Å². The first-order valence-corrected chi connectivity index (χ1v) is 36.8. The molecule has 15 N–H and O–H groups in total. The van der Waals surface area contributed by atoms with Gasteiger partial charge >= 0.3 is 0 Å². The number of nitrogens with two attached hydrogens (primary N) is 5. The van der Waals surface area contributed by atoms with Crippen LogP contribution in [0.5, 0.6) is 0 Å². The summed E-state index contributed by atoms with van der Waals surface area (Å²) in [6.45, 7) is 3.18. The van der Waals surface area contributed by atoms with Crippen molar-refractivity contribution in [2.45, 2.75) is 44.7 Å². The second-order valence-corrected chi connectivity index (χ2v) is 26.9. The van der Waals surface area contributed by atoms with Crippen LogP contribution in [0.2, 0.25) is 0 Å². The van der Waals surface area contributed by atoms with Crippen molar-refractivity contribution in [3.8, 4) is 17.1 Å². The van der Waals surface area contributed by atoms with Gasteiger partial charge in [-0.05, 0) is 69.0 Å². The molecule has 1 aliphatic heterocycles. The summed E-state index contributed by atoms with van der Waals surface area (Å²) in [5.41, 5.74) is 32.7. The van der Waals surface area contributed by atoms with E-state index in [0.29, 0.717) is 54.2 Å². The smallest absolute Gasteiger partial charge is 0.264 e. The SMILES string of the molecule is Cc1ncc(NC(=O)c2c(N)nn3cc(F)cnc23)n1-c1ccccc1.Nc1nn2cc(F)cnc2c1C(=O)Nc1cncn1-c1ccccc1.Nc1nn2cc(F)cnc2c1C(=O)Nc1cncn1-c1cccnc1.Nc1nn2cc(F)cnc2c1C(=O)Nc1cncn1C1CC1.Nc1nn2cc(F)cnc2c1C(=O)Nc1cncn1C1CCOCC1. The number of hydrogen-bond donors (Lipinski definition) is 10. The van der Waals surface area contributed by atoms with Crippen LogP contribution >= 0.6 is 0 Å². The van der Waals surface area contributed by atoms with Crippen LogP contribution in [0, 0.1) is 36.0 Å². The molecular weight excluding hydrogens is 1610 g/mol. The number of carbonyl (C=O) groups excluding carboxylic acids is 5. The molecule has 1 saturated heterocycles. The number of benzene rings is 2. The van der Waals surface area contributed by atoms with E-state index in [1.54, 1.807) is 76.1 Å². The van der Waals surface area contributed by atoms with Crippen molar-refractivity contribution in [2.24, 2.45) is 0 Å². The monoisotopic (exact) mass is 1670 g/mol. The maximum atomic E-state index is 13.3. The second kappa shape index (κ2) is 34.1. The molecule has 0 bridgehead atoms. The normalized spacial score (nSPS) is 12.5. The number of nitrogens with one attached hydrogen (secondary N) is 5. The fourth-order valence-electron chi connectivity index (χ4n) is 13.0. The van der Waals surface area contributed by atoms with Crippen LogP contribution in [0.15, 0.2) is 203 Å². The number of fused-ring (bicyclic) bond motifs is 5. The third-order valence-corrected chi connectivity index (χ3v) is 18.7. The van der Waals surface area contributed by atoms with Gasteiger partial charge in [0.15, 0.2) is 86.4 Å². The Morgan fingerprint density at radius 1 is 0.350 bits per heavy atom. The summed E-state index contributed by atoms with van der Waals surface area (Å²) in [5.74, 6) is -2.31. The lowest BCUT2D eigenvalue weighted by Gasteiger charge is -2.24. The molecule has 16 aromatic heterocycles. The lowest BCUT2D eigenvalue weighted by molar-refractivity contribution is 0.0700. The maximum absolute atomic E-state index is 13.3. The third-order valence-electron chi connectivity index (χ3n) is 18.7. The lowest BCUT2D eigenvalue weighted by atomic mass is 10.1. The van der Waals surface area contributed by atoms with Gasteiger partial charge in [0, 0.05) is 42.9 Å². The van der Waals surface area contributed by atoms with Gasteiger partial charge in [-0.25, -0.2) is 94.4 Å². The zero-order valence-corrected chi connectivity index (χ0v) is 63.8. The van der Waals surface area contributed by atoms with Gasteiger partial charge in [0.1, 0.15) is 75.4 Å². The Balaban J connectivity index is 0.000000114. The molecule has 42 nitrogen and oxygen atoms in total. The maximum Gasteiger partial charge on any atom is 0.264 e. The molecule has 47 heteroatoms. The number of nitrogens with zero attached hydrogens (tertiary/aromatic N) is 26. The Morgan fingerprint density at radius 2 is 0.667 bits per heavy atom. The molecule has 2 aliphatic rings. The molecule has 1 saturated carbocycles. The number of imidazole rings is 5. The summed E-state index contributed by atoms with van der Waals surface area (Å²) in [5, 5.41) is 33.3. The van der Waals surface area contributed by atoms with E-state index >= 15 is 0 Å². The van der Waals surface area contributed by atoms with Gasteiger partial charge in [0.2, 0.25) is 0 Å². The molecule has 5 amide bonds. The van der Waals surface area contributed by atoms with E-state index in [1.807, 2.05) is 82.8 Å². The molecule has 0 atom stereocenters. The Kier molecular flexibility index (Phi) is 22.1. The van der Waals surface area contributed by atoms with Crippen molar-refractivity contribution in [3.05, 3.63) is 266 Å². The van der Waals surface area contributed by atoms with Crippen molar-refractivity contribution in [1.82, 2.24) is 126 Å². The molecule has 0 unspecified atom stereocenters. The highest BCUT2D eigenvalue weighted by molar-refractivity contribution is 6.14. The summed E-state index contributed by atoms with van der Waals surface area (Å²) in [6.07, 6.45) is 31.8. The summed E-state index contributed by atoms with van der Waals surface area (Å²) < 4.78 is 86.2. The number of ether oxygens (including phenoxy) is 1. The van der Waals surface area contributed by atoms with E-state index in [-0.39, 0.29) is 91.2 Å². The van der Waals surface area contributed by atoms with Gasteiger partial charge in [0.05, 0.1) is 117 Å². The number of pyridine rings is 1. The first kappa shape index (κ1) is 79.5. The first-order valence-electron chi connectivity index (χ1n) is 36.8. The highest BCUT2D eigenvalue weighted by Gasteiger charge is 2.30. The number of halogens is 5. The van der Waals surface area contributed by atoms with Crippen molar-refractivity contribution in [3.63, 3.8) is 0 Å². The molecule has 620 valence electrons. The number of amides is 5. The van der Waals surface area contributed by atoms with Gasteiger partial charge in [0.25, 0.3) is 29.5 Å². The molecule has 18 aromatic rings. The minimum absolute atomic E-state index is 0.00640. The van der Waals surface area contributed by atoms with Crippen LogP contribution in [0.4, 0.5) is 80.1 Å². The van der Waals surface area contributed by atoms with Gasteiger partial charge in [-0.1, -0.05) is 36.4 Å². The van der Waals surface area contributed by atoms with Crippen molar-refractivity contribution in [2.75, 3.05) is 68.5 Å². The molecule has 20 rings (SSSR count). The van der Waals surface area contributed by atoms with E-state index in [1.165, 1.54) is 12.4 Å². The first-order chi connectivity index (χ1) is 59.6. The largest absolute Gasteiger partial charge is 0.381 e. The van der Waals surface area contributed by atoms with Gasteiger partial charge in [-0.15, -0.1) is 25.5 Å². The fraction of sp³-hybridized carbons (Fsp3) is 0.118. The standard InChI is InChI=1S/C17H14FN7O.C16H12FN7O.C15H11FN8O.C15H16FN7O2.C13H12FN7O/c1-10-20-8-13(25(10)12-5-3-2-4-6-12)22-17(26)14-15(19)23-24-9-11(18)7-21-16(14)24;17-10-6-20-15-13(14(18)22-24(15)8-10)16(25)21-12-7-19-9-23(12)11-4-2-1-3-5-11;16-9-4-20-14-12(13(17)22-24(14)7-9)15(25)21-11-6-19-8-23(11)10-2-1-3-18-5-10;16-9-5-19-14-12(13(17)21-23(14)7-9)15(24)20-11-6-18-8-22(11)10-1-3-25-4-2-10;14-7-3-17-12-10(11(15)19-21(12)5-7)13(22)18-9-4-16-6-20(9)8-1-2-8/h2-9H,1H3,(H2,19,23)(H,22,26);1-9H,(H2,18,22)(H,21,25);1-8H,(H2,17,22)(H,21,25);5-8,10H,1-4H2,(H2,17,21)(H,20,24);3-6,8H,1-2H2,(H2,15,19)(H,18,22). The number of aryl methyl sites for hydroxylation is 1. The van der Waals surface area contributed by atoms with Crippen LogP contribution in [0.3, 0.4) is 0 Å². The van der Waals surface area contributed by atoms with Crippen molar-refractivity contribution >= 4 is 116 Å². The zero-order valence-electron chi connectivity index (χ0n) is 63.8. The van der Waals surface area contributed by atoms with Crippen LogP contribution in [-0.4, -0.2) is 168 Å². The highest BCUT2D eigenvalue weighted by Crippen LogP contribution is 2.38. The van der Waals surface area contributed by atoms with E-state index in [9.17, 15) is 45.9 Å². The predicted octanol–water partition coefficient (Wildman–Crippen LogP) is 7.85. The molecule has 2 fully saturated rings. The fourth-order valence-corrected chi connectivity index (χ4v) is 13.0.